The number of carbonyl (C=O) groups excluding carboxylic acids is 1. The van der Waals surface area contributed by atoms with E-state index in [4.69, 9.17) is 0 Å². The molecule has 0 heterocycles. The van der Waals surface area contributed by atoms with E-state index in [9.17, 15) is 4.79 Å². The smallest absolute Gasteiger partial charge is 0.243 e. The van der Waals surface area contributed by atoms with Gasteiger partial charge in [-0.05, 0) is 31.1 Å². The summed E-state index contributed by atoms with van der Waals surface area (Å²) in [4.78, 5) is 17.8. The highest BCUT2D eigenvalue weighted by atomic mass is 127. The average Bonchev–Trinajstić information content (AvgIpc) is 3.14. The second kappa shape index (κ2) is 11.2. The first kappa shape index (κ1) is 21.6. The van der Waals surface area contributed by atoms with Crippen molar-refractivity contribution in [3.63, 3.8) is 0 Å². The fourth-order valence-corrected chi connectivity index (χ4v) is 4.03. The van der Waals surface area contributed by atoms with Gasteiger partial charge in [0.2, 0.25) is 5.91 Å². The van der Waals surface area contributed by atoms with E-state index in [1.165, 1.54) is 25.7 Å². The number of nitrogens with zero attached hydrogens (tertiary/aromatic N) is 2. The highest BCUT2D eigenvalue weighted by Crippen LogP contribution is 2.44. The van der Waals surface area contributed by atoms with Gasteiger partial charge in [0.25, 0.3) is 0 Å². The summed E-state index contributed by atoms with van der Waals surface area (Å²) in [7, 11) is 3.53. The summed E-state index contributed by atoms with van der Waals surface area (Å²) >= 11 is 1.84. The molecule has 0 aromatic rings. The van der Waals surface area contributed by atoms with Crippen LogP contribution in [0.5, 0.6) is 0 Å². The number of thioether (sulfide) groups is 1. The zero-order valence-corrected chi connectivity index (χ0v) is 17.9. The molecule has 2 saturated carbocycles. The predicted octanol–water partition coefficient (Wildman–Crippen LogP) is 2.34. The van der Waals surface area contributed by atoms with E-state index in [0.29, 0.717) is 6.04 Å². The molecule has 2 fully saturated rings. The Morgan fingerprint density at radius 3 is 2.75 bits per heavy atom. The van der Waals surface area contributed by atoms with E-state index in [2.05, 4.69) is 22.2 Å². The maximum atomic E-state index is 11.8. The maximum Gasteiger partial charge on any atom is 0.243 e. The average molecular weight is 466 g/mol. The maximum absolute atomic E-state index is 11.8. The van der Waals surface area contributed by atoms with Crippen LogP contribution in [0.3, 0.4) is 0 Å². The molecule has 2 rings (SSSR count). The third-order valence-corrected chi connectivity index (χ3v) is 5.67. The Morgan fingerprint density at radius 1 is 1.38 bits per heavy atom. The molecule has 0 radical (unpaired) electrons. The zero-order chi connectivity index (χ0) is 16.7. The minimum atomic E-state index is 0. The van der Waals surface area contributed by atoms with Crippen molar-refractivity contribution in [3.05, 3.63) is 12.7 Å². The lowest BCUT2D eigenvalue weighted by Crippen LogP contribution is -2.46. The molecule has 0 spiro atoms. The van der Waals surface area contributed by atoms with E-state index in [0.717, 1.165) is 35.8 Å². The van der Waals surface area contributed by atoms with Crippen LogP contribution < -0.4 is 10.6 Å². The number of likely N-dealkylation sites (N-methyl/N-ethyl adjacent to an activating group) is 1. The molecule has 138 valence electrons. The third kappa shape index (κ3) is 6.82. The number of aliphatic imine (C=N–C) groups is 1. The first-order valence-corrected chi connectivity index (χ1v) is 9.69. The predicted molar refractivity (Wildman–Crippen MR) is 114 cm³/mol. The highest BCUT2D eigenvalue weighted by molar-refractivity contribution is 14.0. The first-order chi connectivity index (χ1) is 11.1. The lowest BCUT2D eigenvalue weighted by molar-refractivity contribution is -0.127. The number of hydrogen-bond donors (Lipinski definition) is 2. The molecule has 2 aliphatic carbocycles. The van der Waals surface area contributed by atoms with Crippen molar-refractivity contribution in [2.24, 2.45) is 16.8 Å². The molecule has 1 amide bonds. The fourth-order valence-electron chi connectivity index (χ4n) is 3.45. The molecule has 2 aliphatic rings. The number of guanidine groups is 1. The van der Waals surface area contributed by atoms with E-state index in [1.807, 2.05) is 17.8 Å². The number of carbonyl (C=O) groups is 1. The number of rotatable bonds is 8. The molecular formula is C17H31IN4OS. The van der Waals surface area contributed by atoms with Crippen LogP contribution in [0, 0.1) is 11.8 Å². The third-order valence-electron chi connectivity index (χ3n) is 4.71. The summed E-state index contributed by atoms with van der Waals surface area (Å²) in [5, 5.41) is 6.94. The van der Waals surface area contributed by atoms with Gasteiger partial charge in [-0.1, -0.05) is 12.5 Å². The Hall–Kier alpha value is -0.440. The topological polar surface area (TPSA) is 56.7 Å². The van der Waals surface area contributed by atoms with Crippen LogP contribution in [-0.2, 0) is 4.79 Å². The summed E-state index contributed by atoms with van der Waals surface area (Å²) in [6, 6.07) is 0.523. The van der Waals surface area contributed by atoms with Gasteiger partial charge in [0.1, 0.15) is 6.54 Å². The van der Waals surface area contributed by atoms with Gasteiger partial charge in [0, 0.05) is 38.2 Å². The molecule has 7 heteroatoms. The van der Waals surface area contributed by atoms with Gasteiger partial charge in [0.05, 0.1) is 0 Å². The van der Waals surface area contributed by atoms with Crippen molar-refractivity contribution < 1.29 is 4.79 Å². The highest BCUT2D eigenvalue weighted by Gasteiger charge is 2.39. The number of hydrogen-bond acceptors (Lipinski definition) is 3. The number of halogens is 1. The molecule has 0 aliphatic heterocycles. The van der Waals surface area contributed by atoms with Crippen LogP contribution in [0.1, 0.15) is 25.7 Å². The normalized spacial score (nSPS) is 25.1. The number of nitrogens with one attached hydrogen (secondary N) is 2. The summed E-state index contributed by atoms with van der Waals surface area (Å²) in [5.41, 5.74) is 0. The van der Waals surface area contributed by atoms with Crippen molar-refractivity contribution in [3.8, 4) is 0 Å². The minimum Gasteiger partial charge on any atom is -0.356 e. The van der Waals surface area contributed by atoms with Crippen LogP contribution >= 0.6 is 35.7 Å². The number of amides is 1. The van der Waals surface area contributed by atoms with Crippen molar-refractivity contribution in [2.75, 3.05) is 38.7 Å². The Balaban J connectivity index is 0.00000288. The monoisotopic (exact) mass is 466 g/mol. The van der Waals surface area contributed by atoms with Crippen molar-refractivity contribution in [1.82, 2.24) is 15.5 Å². The fraction of sp³-hybridized carbons (Fsp3) is 0.765. The molecule has 2 bridgehead atoms. The molecule has 3 unspecified atom stereocenters. The van der Waals surface area contributed by atoms with E-state index < -0.39 is 0 Å². The van der Waals surface area contributed by atoms with E-state index in [1.54, 1.807) is 19.0 Å². The second-order valence-corrected chi connectivity index (χ2v) is 7.82. The van der Waals surface area contributed by atoms with Crippen molar-refractivity contribution in [1.29, 1.82) is 0 Å². The summed E-state index contributed by atoms with van der Waals surface area (Å²) < 4.78 is 0. The van der Waals surface area contributed by atoms with Crippen LogP contribution in [0.25, 0.3) is 0 Å². The Labute approximate surface area is 167 Å². The van der Waals surface area contributed by atoms with Crippen LogP contribution in [0.2, 0.25) is 0 Å². The van der Waals surface area contributed by atoms with Crippen molar-refractivity contribution in [2.45, 2.75) is 31.7 Å². The standard InChI is InChI=1S/C17H30N4OS.HI/c1-4-8-23-9-7-18-17(19-12-16(22)21(2)3)20-15-11-13-5-6-14(15)10-13;/h4,13-15H,1,5-12H2,2-3H3,(H2,18,19,20);1H. The molecule has 2 N–H and O–H groups in total. The SMILES string of the molecule is C=CCSCCNC(=NCC(=O)N(C)C)NC1CC2CCC1C2.I. The Kier molecular flexibility index (Phi) is 10.1. The van der Waals surface area contributed by atoms with Crippen LogP contribution in [0.15, 0.2) is 17.6 Å². The molecule has 5 nitrogen and oxygen atoms in total. The van der Waals surface area contributed by atoms with Gasteiger partial charge in [-0.25, -0.2) is 4.99 Å². The second-order valence-electron chi connectivity index (χ2n) is 6.67. The van der Waals surface area contributed by atoms with Gasteiger partial charge in [-0.15, -0.1) is 30.6 Å². The molecule has 0 aromatic carbocycles. The van der Waals surface area contributed by atoms with Crippen molar-refractivity contribution >= 4 is 47.6 Å². The van der Waals surface area contributed by atoms with Gasteiger partial charge in [-0.2, -0.15) is 11.8 Å². The molecule has 0 aromatic heterocycles. The Bertz CT molecular complexity index is 444. The van der Waals surface area contributed by atoms with E-state index >= 15 is 0 Å². The summed E-state index contributed by atoms with van der Waals surface area (Å²) in [6.45, 7) is 4.78. The largest absolute Gasteiger partial charge is 0.356 e. The first-order valence-electron chi connectivity index (χ1n) is 8.53. The molecule has 3 atom stereocenters. The van der Waals surface area contributed by atoms with Gasteiger partial charge < -0.3 is 15.5 Å². The number of fused-ring (bicyclic) bond motifs is 2. The van der Waals surface area contributed by atoms with Crippen LogP contribution in [0.4, 0.5) is 0 Å². The van der Waals surface area contributed by atoms with Gasteiger partial charge in [0.15, 0.2) is 5.96 Å². The summed E-state index contributed by atoms with van der Waals surface area (Å²) in [6.07, 6.45) is 7.25. The van der Waals surface area contributed by atoms with Gasteiger partial charge >= 0.3 is 0 Å². The lowest BCUT2D eigenvalue weighted by atomic mass is 9.95. The lowest BCUT2D eigenvalue weighted by Gasteiger charge is -2.25. The molecule has 24 heavy (non-hydrogen) atoms. The molecule has 0 saturated heterocycles. The minimum absolute atomic E-state index is 0. The van der Waals surface area contributed by atoms with Gasteiger partial charge in [-0.3, -0.25) is 4.79 Å². The Morgan fingerprint density at radius 2 is 2.17 bits per heavy atom. The summed E-state index contributed by atoms with van der Waals surface area (Å²) in [5.74, 6) is 4.46. The molecular weight excluding hydrogens is 435 g/mol. The quantitative estimate of drug-likeness (QED) is 0.190. The van der Waals surface area contributed by atoms with E-state index in [-0.39, 0.29) is 36.4 Å². The zero-order valence-electron chi connectivity index (χ0n) is 14.8. The van der Waals surface area contributed by atoms with Crippen LogP contribution in [-0.4, -0.2) is 61.5 Å².